The third-order valence-corrected chi connectivity index (χ3v) is 13.4. The van der Waals surface area contributed by atoms with Crippen LogP contribution in [0, 0.1) is 0 Å². The smallest absolute Gasteiger partial charge is 0.264 e. The zero-order chi connectivity index (χ0) is 26.2. The Kier molecular flexibility index (Phi) is 13.1. The second-order valence-corrected chi connectivity index (χ2v) is 17.4. The van der Waals surface area contributed by atoms with Gasteiger partial charge >= 0.3 is 0 Å². The van der Waals surface area contributed by atoms with Gasteiger partial charge in [-0.3, -0.25) is 4.18 Å². The summed E-state index contributed by atoms with van der Waals surface area (Å²) in [5, 5.41) is 0. The molecule has 0 unspecified atom stereocenters. The fourth-order valence-corrected chi connectivity index (χ4v) is 11.3. The number of hydrogen-bond donors (Lipinski definition) is 0. The maximum Gasteiger partial charge on any atom is 0.264 e. The molecule has 0 bridgehead atoms. The van der Waals surface area contributed by atoms with Crippen molar-refractivity contribution < 1.29 is 40.7 Å². The molecule has 0 aromatic rings. The second-order valence-electron chi connectivity index (χ2n) is 10.3. The second kappa shape index (κ2) is 14.0. The molecule has 1 aliphatic rings. The van der Waals surface area contributed by atoms with E-state index in [0.717, 1.165) is 6.26 Å². The van der Waals surface area contributed by atoms with Crippen molar-refractivity contribution in [2.45, 2.75) is 102 Å². The van der Waals surface area contributed by atoms with Crippen LogP contribution in [0.5, 0.6) is 0 Å². The zero-order valence-electron chi connectivity index (χ0n) is 22.8. The first kappa shape index (κ1) is 31.9. The summed E-state index contributed by atoms with van der Waals surface area (Å²) in [6.07, 6.45) is 0.977. The van der Waals surface area contributed by atoms with E-state index in [1.165, 1.54) is 0 Å². The molecule has 1 heterocycles. The monoisotopic (exact) mass is 528 g/mol. The van der Waals surface area contributed by atoms with Crippen LogP contribution in [0.4, 0.5) is 0 Å². The van der Waals surface area contributed by atoms with E-state index in [-0.39, 0.29) is 45.1 Å². The summed E-state index contributed by atoms with van der Waals surface area (Å²) in [6, 6.07) is 0. The summed E-state index contributed by atoms with van der Waals surface area (Å²) < 4.78 is 63.8. The molecule has 11 heteroatoms. The van der Waals surface area contributed by atoms with Gasteiger partial charge in [0.1, 0.15) is 19.2 Å². The predicted octanol–water partition coefficient (Wildman–Crippen LogP) is 4.07. The molecule has 0 N–H and O–H groups in total. The Labute approximate surface area is 208 Å². The summed E-state index contributed by atoms with van der Waals surface area (Å²) in [4.78, 5) is 0. The minimum atomic E-state index is -3.56. The van der Waals surface area contributed by atoms with E-state index in [4.69, 9.17) is 32.3 Å². The van der Waals surface area contributed by atoms with Crippen LogP contribution < -0.4 is 0 Å². The van der Waals surface area contributed by atoms with E-state index in [1.54, 1.807) is 14.2 Å². The molecule has 0 radical (unpaired) electrons. The SMILES string of the molecule is COCOC[C@@]1(C)O[C@@H](CCOS(C)(=O)=O)[C@H](O[Si](C(C)C)(C(C)C)C(C)C)C[C@@H]1OCOC. The maximum atomic E-state index is 11.6. The minimum absolute atomic E-state index is 0.0154. The molecule has 34 heavy (non-hydrogen) atoms. The van der Waals surface area contributed by atoms with Gasteiger partial charge in [-0.2, -0.15) is 8.42 Å². The van der Waals surface area contributed by atoms with Gasteiger partial charge in [-0.15, -0.1) is 0 Å². The van der Waals surface area contributed by atoms with E-state index >= 15 is 0 Å². The number of hydrogen-bond acceptors (Lipinski definition) is 9. The molecule has 1 rings (SSSR count). The van der Waals surface area contributed by atoms with Crippen LogP contribution in [0.3, 0.4) is 0 Å². The summed E-state index contributed by atoms with van der Waals surface area (Å²) in [7, 11) is -2.66. The Hall–Kier alpha value is -0.113. The molecule has 9 nitrogen and oxygen atoms in total. The molecule has 4 atom stereocenters. The lowest BCUT2D eigenvalue weighted by atomic mass is 9.88. The molecule has 1 fully saturated rings. The molecule has 1 aliphatic heterocycles. The standard InChI is InChI=1S/C23H48O9SSi/c1-17(2)34(18(3)4,19(5)6)32-21-13-22(29-16-27-9)23(7,14-28-15-26-8)31-20(21)11-12-30-33(10,24)25/h17-22H,11-16H2,1-10H3/t20-,21+,22-,23+/m0/s1. The normalized spacial score (nSPS) is 26.7. The number of rotatable bonds is 16. The van der Waals surface area contributed by atoms with Crippen molar-refractivity contribution >= 4 is 18.4 Å². The van der Waals surface area contributed by atoms with Crippen LogP contribution in [0.15, 0.2) is 0 Å². The van der Waals surface area contributed by atoms with Crippen molar-refractivity contribution in [2.75, 3.05) is 47.3 Å². The van der Waals surface area contributed by atoms with E-state index < -0.39 is 24.0 Å². The largest absolute Gasteiger partial charge is 0.410 e. The van der Waals surface area contributed by atoms with Crippen LogP contribution in [-0.2, 0) is 42.4 Å². The lowest BCUT2D eigenvalue weighted by Gasteiger charge is -2.52. The fraction of sp³-hybridized carbons (Fsp3) is 1.00. The third-order valence-electron chi connectivity index (χ3n) is 6.70. The van der Waals surface area contributed by atoms with Gasteiger partial charge in [0.2, 0.25) is 8.32 Å². The van der Waals surface area contributed by atoms with Gasteiger partial charge in [-0.25, -0.2) is 0 Å². The first-order valence-electron chi connectivity index (χ1n) is 12.1. The Morgan fingerprint density at radius 2 is 1.56 bits per heavy atom. The average Bonchev–Trinajstić information content (AvgIpc) is 2.70. The lowest BCUT2D eigenvalue weighted by molar-refractivity contribution is -0.265. The highest BCUT2D eigenvalue weighted by Gasteiger charge is 2.53. The molecule has 0 saturated carbocycles. The first-order chi connectivity index (χ1) is 15.7. The molecular weight excluding hydrogens is 480 g/mol. The van der Waals surface area contributed by atoms with E-state index in [2.05, 4.69) is 41.5 Å². The number of methoxy groups -OCH3 is 2. The molecule has 0 spiro atoms. The van der Waals surface area contributed by atoms with Crippen molar-refractivity contribution in [1.29, 1.82) is 0 Å². The number of ether oxygens (including phenoxy) is 5. The Morgan fingerprint density at radius 3 is 2.03 bits per heavy atom. The van der Waals surface area contributed by atoms with Crippen LogP contribution in [0.2, 0.25) is 16.6 Å². The average molecular weight is 529 g/mol. The van der Waals surface area contributed by atoms with E-state index in [1.807, 2.05) is 6.92 Å². The van der Waals surface area contributed by atoms with Gasteiger partial charge in [0.25, 0.3) is 10.1 Å². The molecule has 0 aliphatic carbocycles. The highest BCUT2D eigenvalue weighted by atomic mass is 32.2. The summed E-state index contributed by atoms with van der Waals surface area (Å²) in [6.45, 7) is 15.8. The van der Waals surface area contributed by atoms with Crippen molar-refractivity contribution in [1.82, 2.24) is 0 Å². The van der Waals surface area contributed by atoms with E-state index in [0.29, 0.717) is 29.5 Å². The summed E-state index contributed by atoms with van der Waals surface area (Å²) in [5.74, 6) is 0. The van der Waals surface area contributed by atoms with Crippen LogP contribution in [-0.4, -0.2) is 87.9 Å². The van der Waals surface area contributed by atoms with Gasteiger partial charge in [-0.1, -0.05) is 41.5 Å². The van der Waals surface area contributed by atoms with Crippen LogP contribution in [0.25, 0.3) is 0 Å². The molecular formula is C23H48O9SSi. The molecule has 0 aromatic heterocycles. The minimum Gasteiger partial charge on any atom is -0.410 e. The van der Waals surface area contributed by atoms with Crippen molar-refractivity contribution in [2.24, 2.45) is 0 Å². The highest BCUT2D eigenvalue weighted by Crippen LogP contribution is 2.46. The van der Waals surface area contributed by atoms with Gasteiger partial charge in [0.05, 0.1) is 37.8 Å². The quantitative estimate of drug-likeness (QED) is 0.127. The van der Waals surface area contributed by atoms with Crippen molar-refractivity contribution in [3.63, 3.8) is 0 Å². The first-order valence-corrected chi connectivity index (χ1v) is 16.1. The van der Waals surface area contributed by atoms with Crippen LogP contribution >= 0.6 is 0 Å². The summed E-state index contributed by atoms with van der Waals surface area (Å²) in [5.41, 5.74) is 0.357. The molecule has 0 amide bonds. The van der Waals surface area contributed by atoms with Crippen LogP contribution in [0.1, 0.15) is 61.3 Å². The fourth-order valence-electron chi connectivity index (χ4n) is 5.31. The predicted molar refractivity (Wildman–Crippen MR) is 134 cm³/mol. The highest BCUT2D eigenvalue weighted by molar-refractivity contribution is 7.85. The molecule has 1 saturated heterocycles. The Bertz CT molecular complexity index is 664. The van der Waals surface area contributed by atoms with Gasteiger partial charge in [-0.05, 0) is 23.5 Å². The van der Waals surface area contributed by atoms with Gasteiger partial charge in [0, 0.05) is 27.1 Å². The Morgan fingerprint density at radius 1 is 1.00 bits per heavy atom. The zero-order valence-corrected chi connectivity index (χ0v) is 24.6. The molecule has 204 valence electrons. The van der Waals surface area contributed by atoms with Gasteiger partial charge in [0.15, 0.2) is 0 Å². The Balaban J connectivity index is 3.30. The van der Waals surface area contributed by atoms with Crippen molar-refractivity contribution in [3.05, 3.63) is 0 Å². The summed E-state index contributed by atoms with van der Waals surface area (Å²) >= 11 is 0. The maximum absolute atomic E-state index is 11.6. The van der Waals surface area contributed by atoms with Gasteiger partial charge < -0.3 is 28.1 Å². The molecule has 0 aromatic carbocycles. The third kappa shape index (κ3) is 8.77. The van der Waals surface area contributed by atoms with E-state index in [9.17, 15) is 8.42 Å². The topological polar surface area (TPSA) is 98.8 Å². The van der Waals surface area contributed by atoms with Crippen molar-refractivity contribution in [3.8, 4) is 0 Å². The lowest BCUT2D eigenvalue weighted by Crippen LogP contribution is -2.62.